The van der Waals surface area contributed by atoms with Crippen LogP contribution in [0.2, 0.25) is 0 Å². The highest BCUT2D eigenvalue weighted by Gasteiger charge is 2.11. The van der Waals surface area contributed by atoms with Gasteiger partial charge in [-0.25, -0.2) is 0 Å². The van der Waals surface area contributed by atoms with E-state index in [-0.39, 0.29) is 5.91 Å². The Bertz CT molecular complexity index is 796. The average molecular weight is 327 g/mol. The molecule has 0 aliphatic carbocycles. The second-order valence-electron chi connectivity index (χ2n) is 5.39. The van der Waals surface area contributed by atoms with Crippen LogP contribution < -0.4 is 0 Å². The van der Waals surface area contributed by atoms with E-state index in [9.17, 15) is 4.79 Å². The van der Waals surface area contributed by atoms with Gasteiger partial charge in [0, 0.05) is 20.0 Å². The molecular weight excluding hydrogens is 310 g/mol. The molecule has 3 aromatic rings. The Hall–Kier alpha value is -3.10. The second-order valence-corrected chi connectivity index (χ2v) is 5.39. The average Bonchev–Trinajstić information content (AvgIpc) is 3.25. The quantitative estimate of drug-likeness (QED) is 0.653. The molecule has 0 atom stereocenters. The Kier molecular flexibility index (Phi) is 4.59. The molecule has 9 nitrogen and oxygen atoms in total. The number of carbonyl (C=O) groups excluding carboxylic acids is 1. The molecule has 2 aromatic heterocycles. The van der Waals surface area contributed by atoms with Gasteiger partial charge in [-0.2, -0.15) is 9.67 Å². The lowest BCUT2D eigenvalue weighted by Gasteiger charge is -2.16. The van der Waals surface area contributed by atoms with E-state index in [0.717, 1.165) is 11.3 Å². The third-order valence-electron chi connectivity index (χ3n) is 3.67. The molecule has 0 saturated heterocycles. The highest BCUT2D eigenvalue weighted by molar-refractivity contribution is 5.78. The lowest BCUT2D eigenvalue weighted by atomic mass is 10.1. The maximum absolute atomic E-state index is 12.3. The Morgan fingerprint density at radius 2 is 2.08 bits per heavy atom. The Morgan fingerprint density at radius 1 is 1.29 bits per heavy atom. The molecule has 9 heteroatoms. The van der Waals surface area contributed by atoms with Crippen LogP contribution in [-0.2, 0) is 17.6 Å². The van der Waals surface area contributed by atoms with Gasteiger partial charge in [-0.3, -0.25) is 4.79 Å². The van der Waals surface area contributed by atoms with Crippen LogP contribution in [-0.4, -0.2) is 54.7 Å². The Morgan fingerprint density at radius 3 is 2.71 bits per heavy atom. The summed E-state index contributed by atoms with van der Waals surface area (Å²) in [4.78, 5) is 17.9. The van der Waals surface area contributed by atoms with Gasteiger partial charge >= 0.3 is 0 Å². The van der Waals surface area contributed by atoms with Gasteiger partial charge in [-0.15, -0.1) is 5.10 Å². The normalized spacial score (nSPS) is 10.8. The van der Waals surface area contributed by atoms with Crippen molar-refractivity contribution in [1.82, 2.24) is 35.2 Å². The zero-order valence-electron chi connectivity index (χ0n) is 13.5. The first-order chi connectivity index (χ1) is 11.6. The van der Waals surface area contributed by atoms with E-state index in [4.69, 9.17) is 0 Å². The van der Waals surface area contributed by atoms with Crippen LogP contribution in [0.4, 0.5) is 0 Å². The molecule has 3 rings (SSSR count). The highest BCUT2D eigenvalue weighted by Crippen LogP contribution is 2.11. The first kappa shape index (κ1) is 15.8. The number of tetrazole rings is 1. The predicted molar refractivity (Wildman–Crippen MR) is 83.2 cm³/mol. The van der Waals surface area contributed by atoms with Crippen LogP contribution >= 0.6 is 0 Å². The molecule has 0 aliphatic rings. The summed E-state index contributed by atoms with van der Waals surface area (Å²) in [5, 5.41) is 15.1. The van der Waals surface area contributed by atoms with Gasteiger partial charge < -0.3 is 9.42 Å². The van der Waals surface area contributed by atoms with Gasteiger partial charge in [-0.05, 0) is 35.0 Å². The van der Waals surface area contributed by atoms with Gasteiger partial charge in [-0.1, -0.05) is 17.3 Å². The number of nitrogens with zero attached hydrogens (tertiary/aromatic N) is 7. The highest BCUT2D eigenvalue weighted by atomic mass is 16.5. The number of hydrogen-bond donors (Lipinski definition) is 0. The van der Waals surface area contributed by atoms with Crippen molar-refractivity contribution >= 4 is 5.91 Å². The number of aryl methyl sites for hydroxylation is 1. The Labute approximate surface area is 138 Å². The minimum absolute atomic E-state index is 0.0323. The predicted octanol–water partition coefficient (Wildman–Crippen LogP) is 0.597. The SMILES string of the molecule is Cc1nnnn1-c1ccc(CC(=O)N(C)CCc2ncon2)cc1. The molecule has 0 radical (unpaired) electrons. The number of aromatic nitrogens is 6. The molecule has 0 saturated carbocycles. The van der Waals surface area contributed by atoms with Gasteiger partial charge in [0.1, 0.15) is 0 Å². The van der Waals surface area contributed by atoms with E-state index < -0.39 is 0 Å². The van der Waals surface area contributed by atoms with Crippen molar-refractivity contribution in [2.45, 2.75) is 19.8 Å². The van der Waals surface area contributed by atoms with Crippen LogP contribution in [0, 0.1) is 6.92 Å². The van der Waals surface area contributed by atoms with E-state index in [1.54, 1.807) is 16.6 Å². The van der Waals surface area contributed by atoms with E-state index >= 15 is 0 Å². The molecule has 1 amide bonds. The summed E-state index contributed by atoms with van der Waals surface area (Å²) in [6.45, 7) is 2.37. The molecule has 0 aliphatic heterocycles. The van der Waals surface area contributed by atoms with Gasteiger partial charge in [0.05, 0.1) is 12.1 Å². The summed E-state index contributed by atoms with van der Waals surface area (Å²) in [6.07, 6.45) is 2.18. The fourth-order valence-electron chi connectivity index (χ4n) is 2.23. The second kappa shape index (κ2) is 6.99. The zero-order chi connectivity index (χ0) is 16.9. The molecule has 0 N–H and O–H groups in total. The van der Waals surface area contributed by atoms with Crippen LogP contribution in [0.15, 0.2) is 35.2 Å². The van der Waals surface area contributed by atoms with Gasteiger partial charge in [0.2, 0.25) is 12.3 Å². The van der Waals surface area contributed by atoms with Crippen LogP contribution in [0.1, 0.15) is 17.2 Å². The van der Waals surface area contributed by atoms with Crippen molar-refractivity contribution in [1.29, 1.82) is 0 Å². The number of hydrogen-bond acceptors (Lipinski definition) is 7. The number of likely N-dealkylation sites (N-methyl/N-ethyl adjacent to an activating group) is 1. The third-order valence-corrected chi connectivity index (χ3v) is 3.67. The largest absolute Gasteiger partial charge is 0.345 e. The minimum Gasteiger partial charge on any atom is -0.345 e. The van der Waals surface area contributed by atoms with E-state index in [1.165, 1.54) is 6.39 Å². The fourth-order valence-corrected chi connectivity index (χ4v) is 2.23. The molecule has 0 fully saturated rings. The van der Waals surface area contributed by atoms with Crippen LogP contribution in [0.5, 0.6) is 0 Å². The smallest absolute Gasteiger partial charge is 0.226 e. The standard InChI is InChI=1S/C15H17N7O2/c1-11-17-19-20-22(11)13-5-3-12(4-6-13)9-15(23)21(2)8-7-14-16-10-24-18-14/h3-6,10H,7-9H2,1-2H3. The maximum Gasteiger partial charge on any atom is 0.226 e. The van der Waals surface area contributed by atoms with Gasteiger partial charge in [0.15, 0.2) is 11.6 Å². The lowest BCUT2D eigenvalue weighted by molar-refractivity contribution is -0.129. The monoisotopic (exact) mass is 327 g/mol. The summed E-state index contributed by atoms with van der Waals surface area (Å²) in [6, 6.07) is 7.60. The van der Waals surface area contributed by atoms with Crippen molar-refractivity contribution in [2.75, 3.05) is 13.6 Å². The van der Waals surface area contributed by atoms with Crippen LogP contribution in [0.3, 0.4) is 0 Å². The van der Waals surface area contributed by atoms with Crippen LogP contribution in [0.25, 0.3) is 5.69 Å². The molecule has 24 heavy (non-hydrogen) atoms. The van der Waals surface area contributed by atoms with E-state index in [2.05, 4.69) is 30.2 Å². The number of carbonyl (C=O) groups is 1. The van der Waals surface area contributed by atoms with Crippen molar-refractivity contribution < 1.29 is 9.32 Å². The van der Waals surface area contributed by atoms with Crippen molar-refractivity contribution in [3.63, 3.8) is 0 Å². The number of rotatable bonds is 6. The fraction of sp³-hybridized carbons (Fsp3) is 0.333. The molecular formula is C15H17N7O2. The third kappa shape index (κ3) is 3.62. The molecule has 0 unspecified atom stereocenters. The first-order valence-corrected chi connectivity index (χ1v) is 7.47. The Balaban J connectivity index is 1.57. The summed E-state index contributed by atoms with van der Waals surface area (Å²) < 4.78 is 6.31. The van der Waals surface area contributed by atoms with Gasteiger partial charge in [0.25, 0.3) is 0 Å². The first-order valence-electron chi connectivity index (χ1n) is 7.47. The topological polar surface area (TPSA) is 103 Å². The summed E-state index contributed by atoms with van der Waals surface area (Å²) in [7, 11) is 1.77. The summed E-state index contributed by atoms with van der Waals surface area (Å²) in [5.41, 5.74) is 1.79. The van der Waals surface area contributed by atoms with Crippen molar-refractivity contribution in [3.05, 3.63) is 47.9 Å². The van der Waals surface area contributed by atoms with Crippen molar-refractivity contribution in [2.24, 2.45) is 0 Å². The maximum atomic E-state index is 12.3. The number of amides is 1. The molecule has 2 heterocycles. The lowest BCUT2D eigenvalue weighted by Crippen LogP contribution is -2.30. The molecule has 124 valence electrons. The number of benzene rings is 1. The zero-order valence-corrected chi connectivity index (χ0v) is 13.5. The molecule has 1 aromatic carbocycles. The van der Waals surface area contributed by atoms with E-state index in [1.807, 2.05) is 31.2 Å². The molecule has 0 bridgehead atoms. The summed E-state index contributed by atoms with van der Waals surface area (Å²) >= 11 is 0. The summed E-state index contributed by atoms with van der Waals surface area (Å²) in [5.74, 6) is 1.33. The minimum atomic E-state index is 0.0323. The van der Waals surface area contributed by atoms with E-state index in [0.29, 0.717) is 31.0 Å². The van der Waals surface area contributed by atoms with Crippen molar-refractivity contribution in [3.8, 4) is 5.69 Å². The molecule has 0 spiro atoms.